The van der Waals surface area contributed by atoms with Crippen molar-refractivity contribution in [3.8, 4) is 0 Å². The molecule has 0 fully saturated rings. The van der Waals surface area contributed by atoms with Crippen LogP contribution in [0.2, 0.25) is 0 Å². The Balaban J connectivity index is 1.91. The Morgan fingerprint density at radius 1 is 0.824 bits per heavy atom. The van der Waals surface area contributed by atoms with Crippen LogP contribution in [0.5, 0.6) is 0 Å². The topological polar surface area (TPSA) is 49.4 Å². The first-order valence-electron chi connectivity index (χ1n) is 11.8. The highest BCUT2D eigenvalue weighted by Gasteiger charge is 2.30. The summed E-state index contributed by atoms with van der Waals surface area (Å²) >= 11 is 0. The van der Waals surface area contributed by atoms with Crippen LogP contribution in [0.1, 0.15) is 37.0 Å². The summed E-state index contributed by atoms with van der Waals surface area (Å²) < 4.78 is 13.5. The minimum Gasteiger partial charge on any atom is -0.354 e. The summed E-state index contributed by atoms with van der Waals surface area (Å²) in [6, 6.07) is 24.6. The molecule has 0 spiro atoms. The van der Waals surface area contributed by atoms with Gasteiger partial charge in [0.1, 0.15) is 11.9 Å². The van der Waals surface area contributed by atoms with Gasteiger partial charge in [-0.15, -0.1) is 0 Å². The minimum absolute atomic E-state index is 0.143. The molecule has 0 aliphatic carbocycles. The third-order valence-corrected chi connectivity index (χ3v) is 5.76. The first-order chi connectivity index (χ1) is 16.4. The molecule has 34 heavy (non-hydrogen) atoms. The quantitative estimate of drug-likeness (QED) is 0.429. The summed E-state index contributed by atoms with van der Waals surface area (Å²) in [5.74, 6) is -0.190. The van der Waals surface area contributed by atoms with Crippen molar-refractivity contribution in [2.75, 3.05) is 6.54 Å². The Hall–Kier alpha value is -3.47. The Kier molecular flexibility index (Phi) is 9.39. The van der Waals surface area contributed by atoms with E-state index >= 15 is 0 Å². The molecular formula is C29H33FN2O2. The molecule has 1 unspecified atom stereocenters. The number of nitrogens with one attached hydrogen (secondary N) is 1. The van der Waals surface area contributed by atoms with Gasteiger partial charge in [-0.05, 0) is 41.2 Å². The fourth-order valence-corrected chi connectivity index (χ4v) is 3.81. The van der Waals surface area contributed by atoms with E-state index in [1.54, 1.807) is 17.0 Å². The van der Waals surface area contributed by atoms with E-state index in [-0.39, 0.29) is 30.6 Å². The van der Waals surface area contributed by atoms with Crippen molar-refractivity contribution in [2.24, 2.45) is 5.92 Å². The third-order valence-electron chi connectivity index (χ3n) is 5.76. The van der Waals surface area contributed by atoms with E-state index < -0.39 is 6.04 Å². The van der Waals surface area contributed by atoms with Gasteiger partial charge in [0.05, 0.1) is 6.42 Å². The molecule has 1 N–H and O–H groups in total. The predicted octanol–water partition coefficient (Wildman–Crippen LogP) is 5.17. The molecule has 3 rings (SSSR count). The van der Waals surface area contributed by atoms with E-state index in [9.17, 15) is 14.0 Å². The van der Waals surface area contributed by atoms with Crippen molar-refractivity contribution in [3.63, 3.8) is 0 Å². The first-order valence-corrected chi connectivity index (χ1v) is 11.8. The van der Waals surface area contributed by atoms with E-state index in [0.717, 1.165) is 23.1 Å². The van der Waals surface area contributed by atoms with Gasteiger partial charge < -0.3 is 10.2 Å². The highest BCUT2D eigenvalue weighted by molar-refractivity contribution is 5.88. The Morgan fingerprint density at radius 3 is 2.00 bits per heavy atom. The summed E-state index contributed by atoms with van der Waals surface area (Å²) in [6.45, 7) is 5.00. The van der Waals surface area contributed by atoms with Crippen molar-refractivity contribution in [2.45, 2.75) is 45.7 Å². The summed E-state index contributed by atoms with van der Waals surface area (Å²) in [4.78, 5) is 28.6. The molecule has 0 saturated heterocycles. The van der Waals surface area contributed by atoms with Crippen LogP contribution in [-0.4, -0.2) is 29.3 Å². The molecule has 3 aromatic carbocycles. The van der Waals surface area contributed by atoms with Gasteiger partial charge in [-0.3, -0.25) is 9.59 Å². The van der Waals surface area contributed by atoms with Crippen molar-refractivity contribution in [1.29, 1.82) is 0 Å². The highest BCUT2D eigenvalue weighted by atomic mass is 19.1. The smallest absolute Gasteiger partial charge is 0.243 e. The molecule has 1 atom stereocenters. The van der Waals surface area contributed by atoms with Gasteiger partial charge in [0.2, 0.25) is 11.8 Å². The number of hydrogen-bond donors (Lipinski definition) is 1. The fraction of sp³-hybridized carbons (Fsp3) is 0.310. The van der Waals surface area contributed by atoms with Gasteiger partial charge in [0, 0.05) is 19.5 Å². The zero-order valence-corrected chi connectivity index (χ0v) is 19.9. The second-order valence-electron chi connectivity index (χ2n) is 8.99. The number of nitrogens with zero attached hydrogens (tertiary/aromatic N) is 1. The number of amides is 2. The number of carbonyl (C=O) groups excluding carboxylic acids is 2. The van der Waals surface area contributed by atoms with Gasteiger partial charge in [-0.2, -0.15) is 0 Å². The van der Waals surface area contributed by atoms with E-state index in [1.165, 1.54) is 12.1 Å². The number of benzene rings is 3. The number of carbonyl (C=O) groups is 2. The van der Waals surface area contributed by atoms with Crippen molar-refractivity contribution in [3.05, 3.63) is 107 Å². The third kappa shape index (κ3) is 7.84. The molecule has 178 valence electrons. The summed E-state index contributed by atoms with van der Waals surface area (Å²) in [5.41, 5.74) is 2.63. The van der Waals surface area contributed by atoms with Gasteiger partial charge in [0.25, 0.3) is 0 Å². The van der Waals surface area contributed by atoms with Crippen LogP contribution in [0.4, 0.5) is 4.39 Å². The molecule has 0 aliphatic heterocycles. The SMILES string of the molecule is CC(C)CCNC(=O)C(Cc1ccccc1)N(Cc1ccc(F)cc1)C(=O)Cc1ccccc1. The maximum atomic E-state index is 13.6. The lowest BCUT2D eigenvalue weighted by Crippen LogP contribution is -2.51. The zero-order valence-electron chi connectivity index (χ0n) is 19.9. The average Bonchev–Trinajstić information content (AvgIpc) is 2.83. The van der Waals surface area contributed by atoms with Crippen molar-refractivity contribution in [1.82, 2.24) is 10.2 Å². The second kappa shape index (κ2) is 12.7. The van der Waals surface area contributed by atoms with Crippen LogP contribution in [0.15, 0.2) is 84.9 Å². The molecule has 0 heterocycles. The van der Waals surface area contributed by atoms with Crippen LogP contribution < -0.4 is 5.32 Å². The molecule has 2 amide bonds. The lowest BCUT2D eigenvalue weighted by molar-refractivity contribution is -0.140. The molecular weight excluding hydrogens is 427 g/mol. The predicted molar refractivity (Wildman–Crippen MR) is 133 cm³/mol. The van der Waals surface area contributed by atoms with Crippen LogP contribution in [0, 0.1) is 11.7 Å². The zero-order chi connectivity index (χ0) is 24.3. The van der Waals surface area contributed by atoms with E-state index in [0.29, 0.717) is 18.9 Å². The maximum absolute atomic E-state index is 13.6. The van der Waals surface area contributed by atoms with E-state index in [1.807, 2.05) is 60.7 Å². The van der Waals surface area contributed by atoms with E-state index in [2.05, 4.69) is 19.2 Å². The van der Waals surface area contributed by atoms with Crippen molar-refractivity contribution >= 4 is 11.8 Å². The Labute approximate surface area is 201 Å². The maximum Gasteiger partial charge on any atom is 0.243 e. The van der Waals surface area contributed by atoms with Crippen LogP contribution >= 0.6 is 0 Å². The van der Waals surface area contributed by atoms with Crippen LogP contribution in [-0.2, 0) is 29.0 Å². The minimum atomic E-state index is -0.684. The lowest BCUT2D eigenvalue weighted by Gasteiger charge is -2.32. The van der Waals surface area contributed by atoms with Crippen molar-refractivity contribution < 1.29 is 14.0 Å². The molecule has 5 heteroatoms. The molecule has 0 aromatic heterocycles. The lowest BCUT2D eigenvalue weighted by atomic mass is 10.0. The van der Waals surface area contributed by atoms with Gasteiger partial charge in [-0.1, -0.05) is 86.6 Å². The normalized spacial score (nSPS) is 11.8. The Morgan fingerprint density at radius 2 is 1.41 bits per heavy atom. The van der Waals surface area contributed by atoms with Crippen LogP contribution in [0.25, 0.3) is 0 Å². The number of hydrogen-bond acceptors (Lipinski definition) is 2. The Bertz CT molecular complexity index is 1040. The molecule has 0 saturated carbocycles. The van der Waals surface area contributed by atoms with Gasteiger partial charge in [0.15, 0.2) is 0 Å². The number of rotatable bonds is 11. The standard InChI is InChI=1S/C29H33FN2O2/c1-22(2)17-18-31-29(34)27(19-23-9-5-3-6-10-23)32(21-25-13-15-26(30)16-14-25)28(33)20-24-11-7-4-8-12-24/h3-16,22,27H,17-21H2,1-2H3,(H,31,34). The molecule has 0 radical (unpaired) electrons. The molecule has 0 aliphatic rings. The molecule has 3 aromatic rings. The van der Waals surface area contributed by atoms with Crippen LogP contribution in [0.3, 0.4) is 0 Å². The second-order valence-corrected chi connectivity index (χ2v) is 8.99. The monoisotopic (exact) mass is 460 g/mol. The first kappa shape index (κ1) is 25.2. The number of halogens is 1. The highest BCUT2D eigenvalue weighted by Crippen LogP contribution is 2.17. The van der Waals surface area contributed by atoms with Gasteiger partial charge >= 0.3 is 0 Å². The van der Waals surface area contributed by atoms with E-state index in [4.69, 9.17) is 0 Å². The van der Waals surface area contributed by atoms with Gasteiger partial charge in [-0.25, -0.2) is 4.39 Å². The summed E-state index contributed by atoms with van der Waals surface area (Å²) in [5, 5.41) is 3.04. The largest absolute Gasteiger partial charge is 0.354 e. The fourth-order valence-electron chi connectivity index (χ4n) is 3.81. The molecule has 0 bridgehead atoms. The summed E-state index contributed by atoms with van der Waals surface area (Å²) in [6.07, 6.45) is 1.45. The summed E-state index contributed by atoms with van der Waals surface area (Å²) in [7, 11) is 0. The molecule has 4 nitrogen and oxygen atoms in total. The average molecular weight is 461 g/mol.